The molecule has 1 aromatic heterocycles. The normalized spacial score (nSPS) is 14.8. The second-order valence-corrected chi connectivity index (χ2v) is 9.40. The lowest BCUT2D eigenvalue weighted by Crippen LogP contribution is -2.41. The SMILES string of the molecule is CCn1cc(C(=O)N2CCc3cc(OC)c(OC)cc3C2Cc2cc(OC)ccc2OC)c2ccccc21. The molecule has 1 unspecified atom stereocenters. The highest BCUT2D eigenvalue weighted by molar-refractivity contribution is 6.07. The third-order valence-corrected chi connectivity index (χ3v) is 7.52. The van der Waals surface area contributed by atoms with Crippen molar-refractivity contribution in [2.24, 2.45) is 0 Å². The maximum atomic E-state index is 14.3. The molecule has 198 valence electrons. The van der Waals surface area contributed by atoms with E-state index in [9.17, 15) is 4.79 Å². The molecule has 7 nitrogen and oxygen atoms in total. The molecule has 1 atom stereocenters. The van der Waals surface area contributed by atoms with E-state index in [0.717, 1.165) is 52.1 Å². The van der Waals surface area contributed by atoms with Gasteiger partial charge >= 0.3 is 0 Å². The summed E-state index contributed by atoms with van der Waals surface area (Å²) >= 11 is 0. The van der Waals surface area contributed by atoms with Gasteiger partial charge in [0.1, 0.15) is 11.5 Å². The summed E-state index contributed by atoms with van der Waals surface area (Å²) in [5, 5.41) is 0.968. The van der Waals surface area contributed by atoms with Gasteiger partial charge in [-0.15, -0.1) is 0 Å². The van der Waals surface area contributed by atoms with Gasteiger partial charge in [-0.1, -0.05) is 18.2 Å². The van der Waals surface area contributed by atoms with E-state index in [-0.39, 0.29) is 11.9 Å². The lowest BCUT2D eigenvalue weighted by atomic mass is 9.87. The van der Waals surface area contributed by atoms with Crippen LogP contribution in [0.25, 0.3) is 10.9 Å². The van der Waals surface area contributed by atoms with Crippen LogP contribution in [0.3, 0.4) is 0 Å². The number of benzene rings is 3. The molecule has 1 amide bonds. The smallest absolute Gasteiger partial charge is 0.256 e. The Kier molecular flexibility index (Phi) is 7.18. The molecule has 0 N–H and O–H groups in total. The van der Waals surface area contributed by atoms with Gasteiger partial charge in [0.05, 0.1) is 40.0 Å². The summed E-state index contributed by atoms with van der Waals surface area (Å²) in [6.45, 7) is 3.47. The van der Waals surface area contributed by atoms with Crippen LogP contribution in [0.15, 0.2) is 60.8 Å². The molecule has 2 heterocycles. The van der Waals surface area contributed by atoms with Gasteiger partial charge in [0.15, 0.2) is 11.5 Å². The number of para-hydroxylation sites is 1. The van der Waals surface area contributed by atoms with Crippen molar-refractivity contribution in [2.75, 3.05) is 35.0 Å². The summed E-state index contributed by atoms with van der Waals surface area (Å²) in [5.41, 5.74) is 4.94. The quantitative estimate of drug-likeness (QED) is 0.303. The Hall–Kier alpha value is -4.13. The van der Waals surface area contributed by atoms with Gasteiger partial charge in [-0.05, 0) is 60.9 Å². The van der Waals surface area contributed by atoms with Gasteiger partial charge in [0.2, 0.25) is 0 Å². The Labute approximate surface area is 223 Å². The molecule has 4 aromatic rings. The predicted octanol–water partition coefficient (Wildman–Crippen LogP) is 5.68. The summed E-state index contributed by atoms with van der Waals surface area (Å²) in [4.78, 5) is 16.3. The standard InChI is InChI=1S/C31H34N2O5/c1-6-32-19-25(23-9-7-8-10-26(23)32)31(34)33-14-13-20-17-29(37-4)30(38-5)18-24(20)27(33)16-21-15-22(35-2)11-12-28(21)36-3/h7-12,15,17-19,27H,6,13-14,16H2,1-5H3. The lowest BCUT2D eigenvalue weighted by Gasteiger charge is -2.38. The summed E-state index contributed by atoms with van der Waals surface area (Å²) in [6, 6.07) is 17.7. The Morgan fingerprint density at radius 3 is 2.34 bits per heavy atom. The van der Waals surface area contributed by atoms with E-state index in [2.05, 4.69) is 17.6 Å². The zero-order valence-electron chi connectivity index (χ0n) is 22.6. The number of rotatable bonds is 8. The fourth-order valence-corrected chi connectivity index (χ4v) is 5.57. The van der Waals surface area contributed by atoms with Crippen molar-refractivity contribution < 1.29 is 23.7 Å². The van der Waals surface area contributed by atoms with Crippen LogP contribution in [0.1, 0.15) is 40.0 Å². The van der Waals surface area contributed by atoms with Gasteiger partial charge in [-0.2, -0.15) is 0 Å². The highest BCUT2D eigenvalue weighted by atomic mass is 16.5. The number of aromatic nitrogens is 1. The van der Waals surface area contributed by atoms with Crippen LogP contribution in [-0.4, -0.2) is 50.4 Å². The van der Waals surface area contributed by atoms with Crippen molar-refractivity contribution in [1.29, 1.82) is 0 Å². The first kappa shape index (κ1) is 25.5. The number of hydrogen-bond donors (Lipinski definition) is 0. The van der Waals surface area contributed by atoms with E-state index in [1.165, 1.54) is 0 Å². The minimum atomic E-state index is -0.240. The molecule has 0 aliphatic carbocycles. The zero-order chi connectivity index (χ0) is 26.8. The minimum absolute atomic E-state index is 0.0145. The molecule has 5 rings (SSSR count). The first-order chi connectivity index (χ1) is 18.5. The maximum Gasteiger partial charge on any atom is 0.256 e. The molecule has 0 radical (unpaired) electrons. The van der Waals surface area contributed by atoms with Crippen LogP contribution in [0.2, 0.25) is 0 Å². The van der Waals surface area contributed by atoms with E-state index in [4.69, 9.17) is 18.9 Å². The minimum Gasteiger partial charge on any atom is -0.497 e. The van der Waals surface area contributed by atoms with Crippen LogP contribution < -0.4 is 18.9 Å². The summed E-state index contributed by atoms with van der Waals surface area (Å²) in [6.07, 6.45) is 3.26. The topological polar surface area (TPSA) is 62.2 Å². The Bertz CT molecular complexity index is 1470. The van der Waals surface area contributed by atoms with E-state index in [0.29, 0.717) is 30.0 Å². The maximum absolute atomic E-state index is 14.3. The fraction of sp³-hybridized carbons (Fsp3) is 0.323. The largest absolute Gasteiger partial charge is 0.497 e. The Morgan fingerprint density at radius 2 is 1.63 bits per heavy atom. The van der Waals surface area contributed by atoms with Crippen LogP contribution in [0.5, 0.6) is 23.0 Å². The number of fused-ring (bicyclic) bond motifs is 2. The van der Waals surface area contributed by atoms with Crippen LogP contribution in [0, 0.1) is 0 Å². The van der Waals surface area contributed by atoms with Crippen LogP contribution in [0.4, 0.5) is 0 Å². The molecular weight excluding hydrogens is 480 g/mol. The number of methoxy groups -OCH3 is 4. The molecule has 0 spiro atoms. The first-order valence-corrected chi connectivity index (χ1v) is 12.9. The van der Waals surface area contributed by atoms with Crippen LogP contribution in [-0.2, 0) is 19.4 Å². The number of amides is 1. The van der Waals surface area contributed by atoms with E-state index < -0.39 is 0 Å². The molecule has 7 heteroatoms. The fourth-order valence-electron chi connectivity index (χ4n) is 5.57. The number of nitrogens with zero attached hydrogens (tertiary/aromatic N) is 2. The zero-order valence-corrected chi connectivity index (χ0v) is 22.6. The number of ether oxygens (including phenoxy) is 4. The van der Waals surface area contributed by atoms with Crippen LogP contribution >= 0.6 is 0 Å². The van der Waals surface area contributed by atoms with Crippen molar-refractivity contribution in [1.82, 2.24) is 9.47 Å². The van der Waals surface area contributed by atoms with E-state index in [1.807, 2.05) is 59.6 Å². The van der Waals surface area contributed by atoms with Gasteiger partial charge in [-0.3, -0.25) is 4.79 Å². The monoisotopic (exact) mass is 514 g/mol. The number of hydrogen-bond acceptors (Lipinski definition) is 5. The Balaban J connectivity index is 1.64. The molecule has 3 aromatic carbocycles. The molecule has 0 saturated heterocycles. The average molecular weight is 515 g/mol. The van der Waals surface area contributed by atoms with Crippen molar-refractivity contribution in [3.63, 3.8) is 0 Å². The molecule has 0 saturated carbocycles. The number of carbonyl (C=O) groups is 1. The van der Waals surface area contributed by atoms with Crippen molar-refractivity contribution >= 4 is 16.8 Å². The summed E-state index contributed by atoms with van der Waals surface area (Å²) < 4.78 is 24.6. The molecule has 38 heavy (non-hydrogen) atoms. The molecule has 1 aliphatic rings. The highest BCUT2D eigenvalue weighted by Gasteiger charge is 2.34. The van der Waals surface area contributed by atoms with Gasteiger partial charge < -0.3 is 28.4 Å². The van der Waals surface area contributed by atoms with E-state index in [1.54, 1.807) is 28.4 Å². The Morgan fingerprint density at radius 1 is 0.895 bits per heavy atom. The summed E-state index contributed by atoms with van der Waals surface area (Å²) in [5.74, 6) is 2.85. The first-order valence-electron chi connectivity index (χ1n) is 12.9. The van der Waals surface area contributed by atoms with Gasteiger partial charge in [0, 0.05) is 42.2 Å². The lowest BCUT2D eigenvalue weighted by molar-refractivity contribution is 0.0660. The third kappa shape index (κ3) is 4.42. The second-order valence-electron chi connectivity index (χ2n) is 9.40. The molecule has 1 aliphatic heterocycles. The average Bonchev–Trinajstić information content (AvgIpc) is 3.35. The predicted molar refractivity (Wildman–Crippen MR) is 148 cm³/mol. The second kappa shape index (κ2) is 10.7. The van der Waals surface area contributed by atoms with Crippen molar-refractivity contribution in [2.45, 2.75) is 32.4 Å². The number of aryl methyl sites for hydroxylation is 1. The molecule has 0 bridgehead atoms. The number of carbonyl (C=O) groups excluding carboxylic acids is 1. The van der Waals surface area contributed by atoms with Crippen molar-refractivity contribution in [3.8, 4) is 23.0 Å². The van der Waals surface area contributed by atoms with Crippen molar-refractivity contribution in [3.05, 3.63) is 83.0 Å². The highest BCUT2D eigenvalue weighted by Crippen LogP contribution is 2.42. The molecular formula is C31H34N2O5. The molecule has 0 fully saturated rings. The third-order valence-electron chi connectivity index (χ3n) is 7.52. The van der Waals surface area contributed by atoms with E-state index >= 15 is 0 Å². The van der Waals surface area contributed by atoms with Gasteiger partial charge in [-0.25, -0.2) is 0 Å². The van der Waals surface area contributed by atoms with Gasteiger partial charge in [0.25, 0.3) is 5.91 Å². The summed E-state index contributed by atoms with van der Waals surface area (Å²) in [7, 11) is 6.59.